The summed E-state index contributed by atoms with van der Waals surface area (Å²) < 4.78 is 5.10. The van der Waals surface area contributed by atoms with Crippen LogP contribution in [0.2, 0.25) is 0 Å². The van der Waals surface area contributed by atoms with Crippen molar-refractivity contribution < 1.29 is 4.52 Å². The molecule has 4 nitrogen and oxygen atoms in total. The summed E-state index contributed by atoms with van der Waals surface area (Å²) in [4.78, 5) is 5.02. The van der Waals surface area contributed by atoms with Gasteiger partial charge in [-0.2, -0.15) is 0 Å². The minimum absolute atomic E-state index is 0.904. The summed E-state index contributed by atoms with van der Waals surface area (Å²) in [5.41, 5.74) is 2.42. The first-order chi connectivity index (χ1) is 10.3. The molecule has 2 aromatic rings. The second kappa shape index (κ2) is 6.76. The molecule has 0 radical (unpaired) electrons. The molecule has 1 aliphatic heterocycles. The lowest BCUT2D eigenvalue weighted by Crippen LogP contribution is -2.46. The molecule has 1 fully saturated rings. The largest absolute Gasteiger partial charge is 0.369 e. The van der Waals surface area contributed by atoms with Crippen molar-refractivity contribution in [2.75, 3.05) is 37.6 Å². The zero-order chi connectivity index (χ0) is 14.5. The van der Waals surface area contributed by atoms with Gasteiger partial charge in [0.1, 0.15) is 5.76 Å². The van der Waals surface area contributed by atoms with Gasteiger partial charge >= 0.3 is 0 Å². The lowest BCUT2D eigenvalue weighted by Gasteiger charge is -2.36. The highest BCUT2D eigenvalue weighted by Gasteiger charge is 2.16. The first kappa shape index (κ1) is 14.1. The molecule has 0 amide bonds. The SMILES string of the molecule is Cc1cc(CCCN2CCN(c3ccccc3)CC2)no1. The summed E-state index contributed by atoms with van der Waals surface area (Å²) >= 11 is 0. The fourth-order valence-corrected chi connectivity index (χ4v) is 2.89. The van der Waals surface area contributed by atoms with E-state index in [9.17, 15) is 0 Å². The number of hydrogen-bond acceptors (Lipinski definition) is 4. The highest BCUT2D eigenvalue weighted by atomic mass is 16.5. The molecule has 1 aliphatic rings. The zero-order valence-electron chi connectivity index (χ0n) is 12.7. The summed E-state index contributed by atoms with van der Waals surface area (Å²) in [6, 6.07) is 12.7. The van der Waals surface area contributed by atoms with Crippen LogP contribution in [0.25, 0.3) is 0 Å². The van der Waals surface area contributed by atoms with Gasteiger partial charge in [-0.3, -0.25) is 4.90 Å². The van der Waals surface area contributed by atoms with Crippen molar-refractivity contribution in [1.29, 1.82) is 0 Å². The van der Waals surface area contributed by atoms with E-state index >= 15 is 0 Å². The lowest BCUT2D eigenvalue weighted by atomic mass is 10.2. The molecular formula is C17H23N3O. The Labute approximate surface area is 126 Å². The Balaban J connectivity index is 1.40. The number of rotatable bonds is 5. The Hall–Kier alpha value is -1.81. The van der Waals surface area contributed by atoms with E-state index in [-0.39, 0.29) is 0 Å². The first-order valence-corrected chi connectivity index (χ1v) is 7.76. The predicted octanol–water partition coefficient (Wildman–Crippen LogP) is 2.74. The average Bonchev–Trinajstić information content (AvgIpc) is 2.94. The van der Waals surface area contributed by atoms with Crippen molar-refractivity contribution in [3.05, 3.63) is 47.9 Å². The normalized spacial score (nSPS) is 16.3. The number of aromatic nitrogens is 1. The minimum atomic E-state index is 0.904. The van der Waals surface area contributed by atoms with E-state index < -0.39 is 0 Å². The third-order valence-electron chi connectivity index (χ3n) is 4.08. The maximum absolute atomic E-state index is 5.10. The highest BCUT2D eigenvalue weighted by molar-refractivity contribution is 5.46. The molecule has 0 N–H and O–H groups in total. The fourth-order valence-electron chi connectivity index (χ4n) is 2.89. The van der Waals surface area contributed by atoms with Crippen LogP contribution >= 0.6 is 0 Å². The fraction of sp³-hybridized carbons (Fsp3) is 0.471. The average molecular weight is 285 g/mol. The van der Waals surface area contributed by atoms with Crippen LogP contribution in [0.1, 0.15) is 17.9 Å². The Kier molecular flexibility index (Phi) is 4.55. The van der Waals surface area contributed by atoms with Crippen molar-refractivity contribution in [1.82, 2.24) is 10.1 Å². The van der Waals surface area contributed by atoms with Crippen LogP contribution in [-0.4, -0.2) is 42.8 Å². The molecule has 0 atom stereocenters. The summed E-state index contributed by atoms with van der Waals surface area (Å²) in [5.74, 6) is 0.904. The summed E-state index contributed by atoms with van der Waals surface area (Å²) in [6.07, 6.45) is 2.16. The van der Waals surface area contributed by atoms with Gasteiger partial charge in [0.15, 0.2) is 0 Å². The summed E-state index contributed by atoms with van der Waals surface area (Å²) in [7, 11) is 0. The van der Waals surface area contributed by atoms with Crippen LogP contribution in [0.4, 0.5) is 5.69 Å². The second-order valence-electron chi connectivity index (χ2n) is 5.70. The first-order valence-electron chi connectivity index (χ1n) is 7.76. The molecule has 0 spiro atoms. The molecule has 1 aromatic carbocycles. The predicted molar refractivity (Wildman–Crippen MR) is 84.7 cm³/mol. The molecule has 2 heterocycles. The van der Waals surface area contributed by atoms with Crippen LogP contribution in [0.15, 0.2) is 40.9 Å². The molecule has 0 bridgehead atoms. The van der Waals surface area contributed by atoms with Gasteiger partial charge in [0.25, 0.3) is 0 Å². The van der Waals surface area contributed by atoms with E-state index in [2.05, 4.69) is 45.3 Å². The molecule has 0 unspecified atom stereocenters. The van der Waals surface area contributed by atoms with Crippen LogP contribution in [-0.2, 0) is 6.42 Å². The Morgan fingerprint density at radius 3 is 2.52 bits per heavy atom. The van der Waals surface area contributed by atoms with Gasteiger partial charge in [0, 0.05) is 37.9 Å². The van der Waals surface area contributed by atoms with Gasteiger partial charge in [-0.25, -0.2) is 0 Å². The maximum Gasteiger partial charge on any atom is 0.133 e. The van der Waals surface area contributed by atoms with Gasteiger partial charge in [0.05, 0.1) is 5.69 Å². The number of hydrogen-bond donors (Lipinski definition) is 0. The van der Waals surface area contributed by atoms with Gasteiger partial charge in [0.2, 0.25) is 0 Å². The molecule has 3 rings (SSSR count). The third kappa shape index (κ3) is 3.85. The summed E-state index contributed by atoms with van der Waals surface area (Å²) in [5, 5.41) is 4.05. The summed E-state index contributed by atoms with van der Waals surface area (Å²) in [6.45, 7) is 7.62. The Bertz CT molecular complexity index is 544. The maximum atomic E-state index is 5.10. The van der Waals surface area contributed by atoms with E-state index in [4.69, 9.17) is 4.52 Å². The Morgan fingerprint density at radius 1 is 1.10 bits per heavy atom. The highest BCUT2D eigenvalue weighted by Crippen LogP contribution is 2.15. The van der Waals surface area contributed by atoms with Gasteiger partial charge in [-0.15, -0.1) is 0 Å². The third-order valence-corrected chi connectivity index (χ3v) is 4.08. The quantitative estimate of drug-likeness (QED) is 0.845. The van der Waals surface area contributed by atoms with Gasteiger partial charge in [-0.1, -0.05) is 23.4 Å². The van der Waals surface area contributed by atoms with Crippen LogP contribution in [0, 0.1) is 6.92 Å². The molecule has 21 heavy (non-hydrogen) atoms. The van der Waals surface area contributed by atoms with E-state index in [1.807, 2.05) is 13.0 Å². The molecule has 0 aliphatic carbocycles. The van der Waals surface area contributed by atoms with Crippen molar-refractivity contribution in [2.45, 2.75) is 19.8 Å². The van der Waals surface area contributed by atoms with Crippen molar-refractivity contribution >= 4 is 5.69 Å². The molecule has 1 aromatic heterocycles. The van der Waals surface area contributed by atoms with Crippen LogP contribution < -0.4 is 4.90 Å². The number of piperazine rings is 1. The number of anilines is 1. The minimum Gasteiger partial charge on any atom is -0.369 e. The molecule has 4 heteroatoms. The van der Waals surface area contributed by atoms with E-state index in [0.29, 0.717) is 0 Å². The van der Waals surface area contributed by atoms with Gasteiger partial charge in [-0.05, 0) is 38.4 Å². The van der Waals surface area contributed by atoms with Crippen molar-refractivity contribution in [2.24, 2.45) is 0 Å². The number of aryl methyl sites for hydroxylation is 2. The second-order valence-corrected chi connectivity index (χ2v) is 5.70. The molecule has 0 saturated carbocycles. The molecule has 1 saturated heterocycles. The topological polar surface area (TPSA) is 32.5 Å². The monoisotopic (exact) mass is 285 g/mol. The standard InChI is InChI=1S/C17H23N3O/c1-15-14-16(18-21-15)6-5-9-19-10-12-20(13-11-19)17-7-3-2-4-8-17/h2-4,7-8,14H,5-6,9-13H2,1H3. The molecule has 112 valence electrons. The van der Waals surface area contributed by atoms with Gasteiger partial charge < -0.3 is 9.42 Å². The van der Waals surface area contributed by atoms with Crippen LogP contribution in [0.5, 0.6) is 0 Å². The smallest absolute Gasteiger partial charge is 0.133 e. The van der Waals surface area contributed by atoms with Crippen molar-refractivity contribution in [3.8, 4) is 0 Å². The number of benzene rings is 1. The van der Waals surface area contributed by atoms with Crippen molar-refractivity contribution in [3.63, 3.8) is 0 Å². The molecular weight excluding hydrogens is 262 g/mol. The lowest BCUT2D eigenvalue weighted by molar-refractivity contribution is 0.254. The van der Waals surface area contributed by atoms with Crippen LogP contribution in [0.3, 0.4) is 0 Å². The van der Waals surface area contributed by atoms with E-state index in [1.165, 1.54) is 5.69 Å². The number of nitrogens with zero attached hydrogens (tertiary/aromatic N) is 3. The number of para-hydroxylation sites is 1. The zero-order valence-corrected chi connectivity index (χ0v) is 12.7. The van der Waals surface area contributed by atoms with E-state index in [1.54, 1.807) is 0 Å². The van der Waals surface area contributed by atoms with E-state index in [0.717, 1.165) is 57.0 Å². The Morgan fingerprint density at radius 2 is 1.86 bits per heavy atom.